The van der Waals surface area contributed by atoms with Crippen molar-refractivity contribution in [3.63, 3.8) is 0 Å². The average Bonchev–Trinajstić information content (AvgIpc) is 2.22. The lowest BCUT2D eigenvalue weighted by molar-refractivity contribution is 0.147. The Morgan fingerprint density at radius 3 is 2.60 bits per heavy atom. The summed E-state index contributed by atoms with van der Waals surface area (Å²) in [6.07, 6.45) is 1.49. The summed E-state index contributed by atoms with van der Waals surface area (Å²) in [5.74, 6) is 0.532. The summed E-state index contributed by atoms with van der Waals surface area (Å²) in [4.78, 5) is 4.05. The predicted molar refractivity (Wildman–Crippen MR) is 63.1 cm³/mol. The fraction of sp³-hybridized carbons (Fsp3) is 0.444. The van der Waals surface area contributed by atoms with E-state index in [2.05, 4.69) is 26.2 Å². The first kappa shape index (κ1) is 12.7. The molecule has 0 radical (unpaired) electrons. The standard InChI is InChI=1S/C9H12BrClN2O2/c1-9(4-14,5-15)13-8-7(10)2-6(11)3-12-8/h2-3,14-15H,4-5H2,1H3,(H,12,13). The van der Waals surface area contributed by atoms with Gasteiger partial charge in [0.25, 0.3) is 0 Å². The lowest BCUT2D eigenvalue weighted by Crippen LogP contribution is -2.42. The summed E-state index contributed by atoms with van der Waals surface area (Å²) in [5, 5.41) is 21.7. The Morgan fingerprint density at radius 2 is 2.13 bits per heavy atom. The van der Waals surface area contributed by atoms with Crippen molar-refractivity contribution >= 4 is 33.3 Å². The van der Waals surface area contributed by atoms with E-state index in [4.69, 9.17) is 21.8 Å². The van der Waals surface area contributed by atoms with Gasteiger partial charge in [0, 0.05) is 6.20 Å². The number of aromatic nitrogens is 1. The molecule has 0 atom stereocenters. The van der Waals surface area contributed by atoms with Gasteiger partial charge >= 0.3 is 0 Å². The number of nitrogens with one attached hydrogen (secondary N) is 1. The van der Waals surface area contributed by atoms with Gasteiger partial charge in [-0.2, -0.15) is 0 Å². The van der Waals surface area contributed by atoms with E-state index in [0.29, 0.717) is 15.3 Å². The van der Waals surface area contributed by atoms with Gasteiger partial charge in [0.1, 0.15) is 5.82 Å². The van der Waals surface area contributed by atoms with E-state index >= 15 is 0 Å². The van der Waals surface area contributed by atoms with Crippen LogP contribution in [0.15, 0.2) is 16.7 Å². The molecule has 4 nitrogen and oxygen atoms in total. The van der Waals surface area contributed by atoms with Crippen LogP contribution in [0.2, 0.25) is 5.02 Å². The lowest BCUT2D eigenvalue weighted by atomic mass is 10.1. The third-order valence-corrected chi connectivity index (χ3v) is 2.74. The second kappa shape index (κ2) is 5.12. The van der Waals surface area contributed by atoms with E-state index in [0.717, 1.165) is 0 Å². The number of anilines is 1. The van der Waals surface area contributed by atoms with Crippen LogP contribution in [0.3, 0.4) is 0 Å². The van der Waals surface area contributed by atoms with Crippen LogP contribution >= 0.6 is 27.5 Å². The first-order valence-electron chi connectivity index (χ1n) is 4.32. The van der Waals surface area contributed by atoms with Gasteiger partial charge in [-0.25, -0.2) is 4.98 Å². The van der Waals surface area contributed by atoms with Crippen molar-refractivity contribution in [1.29, 1.82) is 0 Å². The van der Waals surface area contributed by atoms with Gasteiger partial charge in [0.15, 0.2) is 0 Å². The zero-order valence-corrected chi connectivity index (χ0v) is 10.5. The molecule has 0 unspecified atom stereocenters. The molecule has 0 aliphatic heterocycles. The Hall–Kier alpha value is -0.360. The summed E-state index contributed by atoms with van der Waals surface area (Å²) >= 11 is 9.02. The molecule has 0 aromatic carbocycles. The minimum Gasteiger partial charge on any atom is -0.394 e. The molecule has 0 spiro atoms. The Bertz CT molecular complexity index is 345. The Labute approximate surface area is 101 Å². The molecule has 1 rings (SSSR count). The maximum absolute atomic E-state index is 9.10. The van der Waals surface area contributed by atoms with E-state index in [9.17, 15) is 0 Å². The molecular weight excluding hydrogens is 283 g/mol. The van der Waals surface area contributed by atoms with E-state index in [-0.39, 0.29) is 13.2 Å². The third-order valence-electron chi connectivity index (χ3n) is 1.93. The lowest BCUT2D eigenvalue weighted by Gasteiger charge is -2.27. The predicted octanol–water partition coefficient (Wildman–Crippen LogP) is 1.65. The van der Waals surface area contributed by atoms with Gasteiger partial charge in [-0.15, -0.1) is 0 Å². The van der Waals surface area contributed by atoms with Crippen LogP contribution in [0.5, 0.6) is 0 Å². The van der Waals surface area contributed by atoms with Gasteiger partial charge in [0.2, 0.25) is 0 Å². The van der Waals surface area contributed by atoms with Crippen molar-refractivity contribution in [2.75, 3.05) is 18.5 Å². The Morgan fingerprint density at radius 1 is 1.53 bits per heavy atom. The smallest absolute Gasteiger partial charge is 0.140 e. The molecule has 1 aromatic rings. The first-order valence-corrected chi connectivity index (χ1v) is 5.49. The minimum atomic E-state index is -0.802. The number of halogens is 2. The molecule has 0 amide bonds. The number of aliphatic hydroxyl groups is 2. The van der Waals surface area contributed by atoms with Crippen LogP contribution < -0.4 is 5.32 Å². The number of aliphatic hydroxyl groups excluding tert-OH is 2. The first-order chi connectivity index (χ1) is 7.00. The Kier molecular flexibility index (Phi) is 4.33. The molecule has 84 valence electrons. The van der Waals surface area contributed by atoms with Gasteiger partial charge < -0.3 is 15.5 Å². The zero-order chi connectivity index (χ0) is 11.5. The monoisotopic (exact) mass is 294 g/mol. The summed E-state index contributed by atoms with van der Waals surface area (Å²) in [6, 6.07) is 1.69. The zero-order valence-electron chi connectivity index (χ0n) is 8.17. The van der Waals surface area contributed by atoms with Crippen molar-refractivity contribution in [1.82, 2.24) is 4.98 Å². The van der Waals surface area contributed by atoms with Gasteiger partial charge in [-0.3, -0.25) is 0 Å². The van der Waals surface area contributed by atoms with Crippen LogP contribution in [-0.2, 0) is 0 Å². The SMILES string of the molecule is CC(CO)(CO)Nc1ncc(Cl)cc1Br. The number of hydrogen-bond donors (Lipinski definition) is 3. The normalized spacial score (nSPS) is 11.5. The van der Waals surface area contributed by atoms with Crippen molar-refractivity contribution < 1.29 is 10.2 Å². The minimum absolute atomic E-state index is 0.194. The maximum atomic E-state index is 9.10. The van der Waals surface area contributed by atoms with Crippen LogP contribution in [0.4, 0.5) is 5.82 Å². The summed E-state index contributed by atoms with van der Waals surface area (Å²) in [5.41, 5.74) is -0.802. The third kappa shape index (κ3) is 3.31. The van der Waals surface area contributed by atoms with Crippen molar-refractivity contribution in [3.8, 4) is 0 Å². The molecular formula is C9H12BrClN2O2. The number of rotatable bonds is 4. The second-order valence-electron chi connectivity index (χ2n) is 3.49. The van der Waals surface area contributed by atoms with Crippen molar-refractivity contribution in [2.45, 2.75) is 12.5 Å². The van der Waals surface area contributed by atoms with E-state index in [1.54, 1.807) is 13.0 Å². The van der Waals surface area contributed by atoms with Gasteiger partial charge in [-0.1, -0.05) is 11.6 Å². The van der Waals surface area contributed by atoms with Gasteiger partial charge in [-0.05, 0) is 28.9 Å². The van der Waals surface area contributed by atoms with E-state index < -0.39 is 5.54 Å². The molecule has 3 N–H and O–H groups in total. The summed E-state index contributed by atoms with van der Waals surface area (Å²) < 4.78 is 0.683. The molecule has 1 heterocycles. The number of hydrogen-bond acceptors (Lipinski definition) is 4. The van der Waals surface area contributed by atoms with E-state index in [1.165, 1.54) is 6.20 Å². The molecule has 0 fully saturated rings. The van der Waals surface area contributed by atoms with Crippen LogP contribution in [-0.4, -0.2) is 33.9 Å². The van der Waals surface area contributed by atoms with Crippen molar-refractivity contribution in [2.24, 2.45) is 0 Å². The van der Waals surface area contributed by atoms with Crippen LogP contribution in [0.25, 0.3) is 0 Å². The fourth-order valence-corrected chi connectivity index (χ4v) is 1.66. The fourth-order valence-electron chi connectivity index (χ4n) is 0.921. The van der Waals surface area contributed by atoms with Crippen LogP contribution in [0, 0.1) is 0 Å². The largest absolute Gasteiger partial charge is 0.394 e. The molecule has 1 aromatic heterocycles. The summed E-state index contributed by atoms with van der Waals surface area (Å²) in [7, 11) is 0. The highest BCUT2D eigenvalue weighted by Gasteiger charge is 2.23. The molecule has 0 saturated carbocycles. The molecule has 0 bridgehead atoms. The van der Waals surface area contributed by atoms with Crippen LogP contribution in [0.1, 0.15) is 6.92 Å². The highest BCUT2D eigenvalue weighted by molar-refractivity contribution is 9.10. The van der Waals surface area contributed by atoms with Gasteiger partial charge in [0.05, 0.1) is 28.2 Å². The molecule has 0 aliphatic carbocycles. The topological polar surface area (TPSA) is 65.4 Å². The Balaban J connectivity index is 2.89. The molecule has 6 heteroatoms. The number of nitrogens with zero attached hydrogens (tertiary/aromatic N) is 1. The average molecular weight is 296 g/mol. The van der Waals surface area contributed by atoms with Crippen molar-refractivity contribution in [3.05, 3.63) is 21.8 Å². The molecule has 0 saturated heterocycles. The molecule has 0 aliphatic rings. The number of pyridine rings is 1. The van der Waals surface area contributed by atoms with E-state index in [1.807, 2.05) is 0 Å². The highest BCUT2D eigenvalue weighted by Crippen LogP contribution is 2.25. The summed E-state index contributed by atoms with van der Waals surface area (Å²) in [6.45, 7) is 1.30. The second-order valence-corrected chi connectivity index (χ2v) is 4.78. The highest BCUT2D eigenvalue weighted by atomic mass is 79.9. The maximum Gasteiger partial charge on any atom is 0.140 e. The molecule has 15 heavy (non-hydrogen) atoms. The quantitative estimate of drug-likeness (QED) is 0.790.